The second-order valence-electron chi connectivity index (χ2n) is 4.95. The first-order valence-corrected chi connectivity index (χ1v) is 6.73. The molecule has 1 fully saturated rings. The van der Waals surface area contributed by atoms with Gasteiger partial charge in [-0.2, -0.15) is 5.26 Å². The lowest BCUT2D eigenvalue weighted by Gasteiger charge is -2.13. The number of benzene rings is 1. The molecule has 1 aromatic carbocycles. The lowest BCUT2D eigenvalue weighted by molar-refractivity contribution is 0.0947. The number of rotatable bonds is 4. The standard InChI is InChI=1S/C15H19N3O/c1-2-18-8-7-13(11-18)10-17-15(19)14-5-3-12(9-16)4-6-14/h3-6,13H,2,7-8,10-11H2,1H3,(H,17,19). The van der Waals surface area contributed by atoms with Gasteiger partial charge in [-0.25, -0.2) is 0 Å². The van der Waals surface area contributed by atoms with E-state index in [1.807, 2.05) is 6.07 Å². The van der Waals surface area contributed by atoms with Gasteiger partial charge in [0.1, 0.15) is 0 Å². The summed E-state index contributed by atoms with van der Waals surface area (Å²) in [7, 11) is 0. The number of nitrogens with one attached hydrogen (secondary N) is 1. The van der Waals surface area contributed by atoms with E-state index in [0.717, 1.165) is 32.6 Å². The number of likely N-dealkylation sites (tertiary alicyclic amines) is 1. The number of amides is 1. The molecule has 1 aliphatic rings. The van der Waals surface area contributed by atoms with Gasteiger partial charge < -0.3 is 10.2 Å². The minimum absolute atomic E-state index is 0.0561. The third kappa shape index (κ3) is 3.55. The molecule has 1 saturated heterocycles. The van der Waals surface area contributed by atoms with Gasteiger partial charge in [0, 0.05) is 18.7 Å². The lowest BCUT2D eigenvalue weighted by atomic mass is 10.1. The molecule has 0 radical (unpaired) electrons. The van der Waals surface area contributed by atoms with E-state index in [1.54, 1.807) is 24.3 Å². The van der Waals surface area contributed by atoms with Crippen LogP contribution in [0.15, 0.2) is 24.3 Å². The molecule has 0 aliphatic carbocycles. The molecular weight excluding hydrogens is 238 g/mol. The second kappa shape index (κ2) is 6.35. The normalized spacial score (nSPS) is 19.1. The van der Waals surface area contributed by atoms with Gasteiger partial charge in [0.2, 0.25) is 0 Å². The zero-order valence-corrected chi connectivity index (χ0v) is 11.2. The number of carbonyl (C=O) groups is 1. The summed E-state index contributed by atoms with van der Waals surface area (Å²) in [5.41, 5.74) is 1.19. The van der Waals surface area contributed by atoms with Gasteiger partial charge in [0.05, 0.1) is 11.6 Å². The number of nitrogens with zero attached hydrogens (tertiary/aromatic N) is 2. The molecule has 1 N–H and O–H groups in total. The summed E-state index contributed by atoms with van der Waals surface area (Å²) in [6.45, 7) is 6.19. The van der Waals surface area contributed by atoms with Gasteiger partial charge in [-0.05, 0) is 49.7 Å². The largest absolute Gasteiger partial charge is 0.352 e. The predicted octanol–water partition coefficient (Wildman–Crippen LogP) is 1.63. The highest BCUT2D eigenvalue weighted by molar-refractivity contribution is 5.94. The minimum Gasteiger partial charge on any atom is -0.352 e. The summed E-state index contributed by atoms with van der Waals surface area (Å²) in [6.07, 6.45) is 1.15. The van der Waals surface area contributed by atoms with Crippen LogP contribution in [0.4, 0.5) is 0 Å². The zero-order valence-electron chi connectivity index (χ0n) is 11.2. The summed E-state index contributed by atoms with van der Waals surface area (Å²) in [6, 6.07) is 8.77. The van der Waals surface area contributed by atoms with Gasteiger partial charge in [-0.15, -0.1) is 0 Å². The molecule has 1 aromatic rings. The van der Waals surface area contributed by atoms with Crippen LogP contribution < -0.4 is 5.32 Å². The Morgan fingerprint density at radius 3 is 2.79 bits per heavy atom. The molecular formula is C15H19N3O. The van der Waals surface area contributed by atoms with E-state index in [2.05, 4.69) is 17.1 Å². The van der Waals surface area contributed by atoms with Crippen molar-refractivity contribution in [2.45, 2.75) is 13.3 Å². The minimum atomic E-state index is -0.0561. The Bertz CT molecular complexity index is 475. The Labute approximate surface area is 114 Å². The van der Waals surface area contributed by atoms with Gasteiger partial charge in [0.15, 0.2) is 0 Å². The van der Waals surface area contributed by atoms with Crippen molar-refractivity contribution in [1.29, 1.82) is 5.26 Å². The lowest BCUT2D eigenvalue weighted by Crippen LogP contribution is -2.31. The predicted molar refractivity (Wildman–Crippen MR) is 73.7 cm³/mol. The van der Waals surface area contributed by atoms with Gasteiger partial charge in [0.25, 0.3) is 5.91 Å². The zero-order chi connectivity index (χ0) is 13.7. The Balaban J connectivity index is 1.82. The van der Waals surface area contributed by atoms with Gasteiger partial charge >= 0.3 is 0 Å². The molecule has 0 spiro atoms. The molecule has 100 valence electrons. The van der Waals surface area contributed by atoms with Crippen molar-refractivity contribution < 1.29 is 4.79 Å². The molecule has 1 heterocycles. The van der Waals surface area contributed by atoms with Crippen LogP contribution in [0, 0.1) is 17.2 Å². The topological polar surface area (TPSA) is 56.1 Å². The van der Waals surface area contributed by atoms with E-state index in [9.17, 15) is 4.79 Å². The highest BCUT2D eigenvalue weighted by Crippen LogP contribution is 2.14. The van der Waals surface area contributed by atoms with Crippen molar-refractivity contribution in [1.82, 2.24) is 10.2 Å². The monoisotopic (exact) mass is 257 g/mol. The first-order chi connectivity index (χ1) is 9.22. The molecule has 0 saturated carbocycles. The van der Waals surface area contributed by atoms with Crippen molar-refractivity contribution in [3.63, 3.8) is 0 Å². The quantitative estimate of drug-likeness (QED) is 0.892. The first-order valence-electron chi connectivity index (χ1n) is 6.73. The molecule has 1 atom stereocenters. The average molecular weight is 257 g/mol. The second-order valence-corrected chi connectivity index (χ2v) is 4.95. The fourth-order valence-corrected chi connectivity index (χ4v) is 2.40. The van der Waals surface area contributed by atoms with Crippen molar-refractivity contribution in [2.24, 2.45) is 5.92 Å². The van der Waals surface area contributed by atoms with E-state index >= 15 is 0 Å². The van der Waals surface area contributed by atoms with Crippen LogP contribution in [0.25, 0.3) is 0 Å². The van der Waals surface area contributed by atoms with E-state index in [0.29, 0.717) is 17.0 Å². The van der Waals surface area contributed by atoms with Crippen LogP contribution in [0.3, 0.4) is 0 Å². The van der Waals surface area contributed by atoms with Crippen LogP contribution in [0.2, 0.25) is 0 Å². The Hall–Kier alpha value is -1.86. The number of hydrogen-bond donors (Lipinski definition) is 1. The Kier molecular flexibility index (Phi) is 4.53. The van der Waals surface area contributed by atoms with E-state index in [-0.39, 0.29) is 5.91 Å². The van der Waals surface area contributed by atoms with Crippen molar-refractivity contribution in [3.05, 3.63) is 35.4 Å². The molecule has 1 aliphatic heterocycles. The highest BCUT2D eigenvalue weighted by Gasteiger charge is 2.21. The van der Waals surface area contributed by atoms with E-state index in [4.69, 9.17) is 5.26 Å². The average Bonchev–Trinajstić information content (AvgIpc) is 2.93. The summed E-state index contributed by atoms with van der Waals surface area (Å²) in [4.78, 5) is 14.3. The van der Waals surface area contributed by atoms with Crippen LogP contribution in [0.1, 0.15) is 29.3 Å². The summed E-state index contributed by atoms with van der Waals surface area (Å²) in [5.74, 6) is 0.502. The Morgan fingerprint density at radius 2 is 2.21 bits per heavy atom. The third-order valence-electron chi connectivity index (χ3n) is 3.64. The molecule has 1 unspecified atom stereocenters. The molecule has 1 amide bonds. The fraction of sp³-hybridized carbons (Fsp3) is 0.467. The van der Waals surface area contributed by atoms with Crippen LogP contribution in [0.5, 0.6) is 0 Å². The van der Waals surface area contributed by atoms with Gasteiger partial charge in [-0.3, -0.25) is 4.79 Å². The van der Waals surface area contributed by atoms with Crippen molar-refractivity contribution in [2.75, 3.05) is 26.2 Å². The number of hydrogen-bond acceptors (Lipinski definition) is 3. The smallest absolute Gasteiger partial charge is 0.251 e. The SMILES string of the molecule is CCN1CCC(CNC(=O)c2ccc(C#N)cc2)C1. The van der Waals surface area contributed by atoms with E-state index < -0.39 is 0 Å². The van der Waals surface area contributed by atoms with E-state index in [1.165, 1.54) is 0 Å². The maximum atomic E-state index is 11.9. The fourth-order valence-electron chi connectivity index (χ4n) is 2.40. The molecule has 19 heavy (non-hydrogen) atoms. The maximum Gasteiger partial charge on any atom is 0.251 e. The third-order valence-corrected chi connectivity index (χ3v) is 3.64. The first kappa shape index (κ1) is 13.6. The van der Waals surface area contributed by atoms with Crippen molar-refractivity contribution >= 4 is 5.91 Å². The van der Waals surface area contributed by atoms with Crippen LogP contribution >= 0.6 is 0 Å². The highest BCUT2D eigenvalue weighted by atomic mass is 16.1. The van der Waals surface area contributed by atoms with Gasteiger partial charge in [-0.1, -0.05) is 6.92 Å². The van der Waals surface area contributed by atoms with Crippen molar-refractivity contribution in [3.8, 4) is 6.07 Å². The molecule has 4 nitrogen and oxygen atoms in total. The Morgan fingerprint density at radius 1 is 1.47 bits per heavy atom. The molecule has 0 bridgehead atoms. The number of nitriles is 1. The molecule has 2 rings (SSSR count). The summed E-state index contributed by atoms with van der Waals surface area (Å²) in [5, 5.41) is 11.7. The summed E-state index contributed by atoms with van der Waals surface area (Å²) < 4.78 is 0. The maximum absolute atomic E-state index is 11.9. The molecule has 0 aromatic heterocycles. The van der Waals surface area contributed by atoms with Crippen LogP contribution in [-0.2, 0) is 0 Å². The number of carbonyl (C=O) groups excluding carboxylic acids is 1. The molecule has 4 heteroatoms. The summed E-state index contributed by atoms with van der Waals surface area (Å²) >= 11 is 0. The van der Waals surface area contributed by atoms with Crippen LogP contribution in [-0.4, -0.2) is 37.0 Å².